The Hall–Kier alpha value is -1.22. The van der Waals surface area contributed by atoms with Gasteiger partial charge in [-0.05, 0) is 49.4 Å². The zero-order chi connectivity index (χ0) is 13.0. The highest BCUT2D eigenvalue weighted by molar-refractivity contribution is 5.40. The predicted octanol–water partition coefficient (Wildman–Crippen LogP) is 2.76. The predicted molar refractivity (Wildman–Crippen MR) is 73.2 cm³/mol. The first-order chi connectivity index (χ1) is 8.69. The van der Waals surface area contributed by atoms with Crippen LogP contribution in [0.25, 0.3) is 0 Å². The van der Waals surface area contributed by atoms with Gasteiger partial charge in [0.1, 0.15) is 11.5 Å². The molecular weight excluding hydrogens is 226 g/mol. The van der Waals surface area contributed by atoms with Gasteiger partial charge in [0.2, 0.25) is 0 Å². The van der Waals surface area contributed by atoms with E-state index in [1.165, 1.54) is 19.3 Å². The zero-order valence-corrected chi connectivity index (χ0v) is 11.3. The molecule has 1 unspecified atom stereocenters. The number of rotatable bonds is 7. The summed E-state index contributed by atoms with van der Waals surface area (Å²) in [6.07, 6.45) is 4.73. The fourth-order valence-electron chi connectivity index (χ4n) is 2.07. The summed E-state index contributed by atoms with van der Waals surface area (Å²) in [6.45, 7) is 2.82. The third-order valence-electron chi connectivity index (χ3n) is 3.29. The highest BCUT2D eigenvalue weighted by atomic mass is 16.5. The highest BCUT2D eigenvalue weighted by Crippen LogP contribution is 2.33. The van der Waals surface area contributed by atoms with Crippen LogP contribution in [-0.4, -0.2) is 19.8 Å². The molecule has 1 atom stereocenters. The SMILES string of the molecule is COc1ccc(OCCC2CC2)c(CC(C)N)c1. The number of methoxy groups -OCH3 is 1. The Morgan fingerprint density at radius 3 is 2.78 bits per heavy atom. The summed E-state index contributed by atoms with van der Waals surface area (Å²) in [6, 6.07) is 6.08. The van der Waals surface area contributed by atoms with Gasteiger partial charge in [-0.3, -0.25) is 0 Å². The van der Waals surface area contributed by atoms with Crippen molar-refractivity contribution in [2.24, 2.45) is 11.7 Å². The maximum Gasteiger partial charge on any atom is 0.122 e. The number of benzene rings is 1. The number of ether oxygens (including phenoxy) is 2. The molecule has 1 saturated carbocycles. The van der Waals surface area contributed by atoms with Crippen molar-refractivity contribution in [3.8, 4) is 11.5 Å². The van der Waals surface area contributed by atoms with Gasteiger partial charge in [-0.25, -0.2) is 0 Å². The summed E-state index contributed by atoms with van der Waals surface area (Å²) < 4.78 is 11.1. The van der Waals surface area contributed by atoms with Gasteiger partial charge in [-0.1, -0.05) is 12.8 Å². The van der Waals surface area contributed by atoms with Crippen LogP contribution in [0.15, 0.2) is 18.2 Å². The van der Waals surface area contributed by atoms with E-state index in [0.717, 1.165) is 36.0 Å². The minimum Gasteiger partial charge on any atom is -0.497 e. The molecule has 0 aliphatic heterocycles. The Bertz CT molecular complexity index is 386. The minimum atomic E-state index is 0.128. The van der Waals surface area contributed by atoms with Crippen molar-refractivity contribution in [1.29, 1.82) is 0 Å². The van der Waals surface area contributed by atoms with Crippen molar-refractivity contribution in [1.82, 2.24) is 0 Å². The quantitative estimate of drug-likeness (QED) is 0.808. The van der Waals surface area contributed by atoms with E-state index < -0.39 is 0 Å². The summed E-state index contributed by atoms with van der Waals surface area (Å²) in [5, 5.41) is 0. The lowest BCUT2D eigenvalue weighted by Crippen LogP contribution is -2.18. The number of hydrogen-bond donors (Lipinski definition) is 1. The summed E-state index contributed by atoms with van der Waals surface area (Å²) >= 11 is 0. The Morgan fingerprint density at radius 2 is 2.17 bits per heavy atom. The highest BCUT2D eigenvalue weighted by Gasteiger charge is 2.21. The molecule has 0 radical (unpaired) electrons. The molecule has 1 aliphatic carbocycles. The molecule has 0 spiro atoms. The monoisotopic (exact) mass is 249 g/mol. The van der Waals surface area contributed by atoms with Crippen molar-refractivity contribution < 1.29 is 9.47 Å². The molecule has 0 heterocycles. The van der Waals surface area contributed by atoms with Gasteiger partial charge in [-0.15, -0.1) is 0 Å². The molecule has 2 N–H and O–H groups in total. The van der Waals surface area contributed by atoms with Gasteiger partial charge in [0.05, 0.1) is 13.7 Å². The molecule has 0 aromatic heterocycles. The largest absolute Gasteiger partial charge is 0.497 e. The average Bonchev–Trinajstić information content (AvgIpc) is 3.14. The first kappa shape index (κ1) is 13.2. The van der Waals surface area contributed by atoms with Crippen LogP contribution in [0.1, 0.15) is 31.7 Å². The Labute approximate surface area is 109 Å². The molecule has 1 aliphatic rings. The van der Waals surface area contributed by atoms with Gasteiger partial charge in [0.15, 0.2) is 0 Å². The van der Waals surface area contributed by atoms with Crippen molar-refractivity contribution in [2.45, 2.75) is 38.6 Å². The Balaban J connectivity index is 2.00. The van der Waals surface area contributed by atoms with E-state index in [4.69, 9.17) is 15.2 Å². The number of hydrogen-bond acceptors (Lipinski definition) is 3. The first-order valence-corrected chi connectivity index (χ1v) is 6.74. The summed E-state index contributed by atoms with van der Waals surface area (Å²) in [7, 11) is 1.68. The fraction of sp³-hybridized carbons (Fsp3) is 0.600. The molecule has 2 rings (SSSR count). The number of nitrogens with two attached hydrogens (primary N) is 1. The molecular formula is C15H23NO2. The Morgan fingerprint density at radius 1 is 1.39 bits per heavy atom. The second-order valence-corrected chi connectivity index (χ2v) is 5.24. The van der Waals surface area contributed by atoms with Crippen LogP contribution in [0.3, 0.4) is 0 Å². The maximum absolute atomic E-state index is 5.88. The van der Waals surface area contributed by atoms with E-state index in [1.54, 1.807) is 7.11 Å². The first-order valence-electron chi connectivity index (χ1n) is 6.74. The van der Waals surface area contributed by atoms with Crippen molar-refractivity contribution in [3.05, 3.63) is 23.8 Å². The average molecular weight is 249 g/mol. The molecule has 0 amide bonds. The van der Waals surface area contributed by atoms with Crippen LogP contribution in [0.4, 0.5) is 0 Å². The van der Waals surface area contributed by atoms with Gasteiger partial charge in [0, 0.05) is 6.04 Å². The third-order valence-corrected chi connectivity index (χ3v) is 3.29. The standard InChI is InChI=1S/C15H23NO2/c1-11(16)9-13-10-14(17-2)5-6-15(13)18-8-7-12-3-4-12/h5-6,10-12H,3-4,7-9,16H2,1-2H3. The van der Waals surface area contributed by atoms with E-state index in [-0.39, 0.29) is 6.04 Å². The molecule has 3 heteroatoms. The summed E-state index contributed by atoms with van der Waals surface area (Å²) in [5.41, 5.74) is 7.01. The lowest BCUT2D eigenvalue weighted by atomic mass is 10.1. The fourth-order valence-corrected chi connectivity index (χ4v) is 2.07. The lowest BCUT2D eigenvalue weighted by Gasteiger charge is -2.14. The van der Waals surface area contributed by atoms with E-state index in [0.29, 0.717) is 0 Å². The lowest BCUT2D eigenvalue weighted by molar-refractivity contribution is 0.298. The Kier molecular flexibility index (Phi) is 4.48. The minimum absolute atomic E-state index is 0.128. The van der Waals surface area contributed by atoms with Crippen LogP contribution in [0.2, 0.25) is 0 Å². The van der Waals surface area contributed by atoms with E-state index in [2.05, 4.69) is 0 Å². The zero-order valence-electron chi connectivity index (χ0n) is 11.3. The topological polar surface area (TPSA) is 44.5 Å². The second kappa shape index (κ2) is 6.10. The van der Waals surface area contributed by atoms with Crippen molar-refractivity contribution in [2.75, 3.05) is 13.7 Å². The van der Waals surface area contributed by atoms with E-state index in [1.807, 2.05) is 25.1 Å². The van der Waals surface area contributed by atoms with Crippen LogP contribution in [0, 0.1) is 5.92 Å². The van der Waals surface area contributed by atoms with Gasteiger partial charge >= 0.3 is 0 Å². The molecule has 18 heavy (non-hydrogen) atoms. The van der Waals surface area contributed by atoms with Crippen LogP contribution in [0.5, 0.6) is 11.5 Å². The van der Waals surface area contributed by atoms with Gasteiger partial charge in [-0.2, -0.15) is 0 Å². The van der Waals surface area contributed by atoms with Crippen molar-refractivity contribution in [3.63, 3.8) is 0 Å². The molecule has 0 bridgehead atoms. The van der Waals surface area contributed by atoms with Crippen LogP contribution >= 0.6 is 0 Å². The molecule has 1 fully saturated rings. The summed E-state index contributed by atoms with van der Waals surface area (Å²) in [4.78, 5) is 0. The van der Waals surface area contributed by atoms with Gasteiger partial charge < -0.3 is 15.2 Å². The van der Waals surface area contributed by atoms with Gasteiger partial charge in [0.25, 0.3) is 0 Å². The van der Waals surface area contributed by atoms with Crippen molar-refractivity contribution >= 4 is 0 Å². The smallest absolute Gasteiger partial charge is 0.122 e. The maximum atomic E-state index is 5.88. The molecule has 0 saturated heterocycles. The third kappa shape index (κ3) is 3.91. The van der Waals surface area contributed by atoms with Crippen LogP contribution in [-0.2, 0) is 6.42 Å². The summed E-state index contributed by atoms with van der Waals surface area (Å²) in [5.74, 6) is 2.72. The van der Waals surface area contributed by atoms with Crippen LogP contribution < -0.4 is 15.2 Å². The molecule has 1 aromatic carbocycles. The molecule has 3 nitrogen and oxygen atoms in total. The van der Waals surface area contributed by atoms with E-state index >= 15 is 0 Å². The second-order valence-electron chi connectivity index (χ2n) is 5.24. The normalized spacial score (nSPS) is 16.4. The van der Waals surface area contributed by atoms with E-state index in [9.17, 15) is 0 Å². The molecule has 100 valence electrons. The molecule has 1 aromatic rings.